The van der Waals surface area contributed by atoms with Gasteiger partial charge in [0.2, 0.25) is 0 Å². The van der Waals surface area contributed by atoms with Crippen molar-refractivity contribution in [3.05, 3.63) is 51.0 Å². The van der Waals surface area contributed by atoms with Gasteiger partial charge < -0.3 is 4.90 Å². The van der Waals surface area contributed by atoms with Crippen molar-refractivity contribution < 1.29 is 0 Å². The smallest absolute Gasteiger partial charge is 0.107 e. The maximum Gasteiger partial charge on any atom is 0.107 e. The molecule has 136 valence electrons. The molecule has 2 heterocycles. The van der Waals surface area contributed by atoms with Crippen LogP contribution in [0.5, 0.6) is 0 Å². The number of benzene rings is 1. The molecule has 1 aliphatic rings. The zero-order valence-electron chi connectivity index (χ0n) is 16.0. The number of aromatic nitrogens is 1. The van der Waals surface area contributed by atoms with Gasteiger partial charge in [0, 0.05) is 50.8 Å². The predicted octanol–water partition coefficient (Wildman–Crippen LogP) is 3.14. The van der Waals surface area contributed by atoms with Crippen molar-refractivity contribution in [2.24, 2.45) is 0 Å². The van der Waals surface area contributed by atoms with E-state index in [4.69, 9.17) is 0 Å². The first-order chi connectivity index (χ1) is 12.0. The normalized spacial score (nSPS) is 16.7. The molecular formula is C20H30N4S. The highest BCUT2D eigenvalue weighted by atomic mass is 32.1. The lowest BCUT2D eigenvalue weighted by atomic mass is 9.99. The number of hydrogen-bond acceptors (Lipinski definition) is 5. The fourth-order valence-electron chi connectivity index (χ4n) is 3.44. The Hall–Kier alpha value is -1.27. The summed E-state index contributed by atoms with van der Waals surface area (Å²) in [6.07, 6.45) is 1.89. The summed E-state index contributed by atoms with van der Waals surface area (Å²) < 4.78 is 0. The Kier molecular flexibility index (Phi) is 6.23. The molecule has 0 spiro atoms. The van der Waals surface area contributed by atoms with E-state index in [2.05, 4.69) is 65.1 Å². The third kappa shape index (κ3) is 5.11. The van der Waals surface area contributed by atoms with Gasteiger partial charge in [-0.3, -0.25) is 9.80 Å². The van der Waals surface area contributed by atoms with Gasteiger partial charge in [0.15, 0.2) is 0 Å². The van der Waals surface area contributed by atoms with Crippen LogP contribution < -0.4 is 0 Å². The van der Waals surface area contributed by atoms with Gasteiger partial charge in [0.1, 0.15) is 5.01 Å². The molecule has 0 amide bonds. The Morgan fingerprint density at radius 3 is 2.44 bits per heavy atom. The van der Waals surface area contributed by atoms with Crippen molar-refractivity contribution in [1.29, 1.82) is 0 Å². The van der Waals surface area contributed by atoms with Crippen LogP contribution in [0.1, 0.15) is 27.3 Å². The first-order valence-corrected chi connectivity index (χ1v) is 9.96. The number of rotatable bonds is 6. The molecule has 1 aromatic carbocycles. The lowest BCUT2D eigenvalue weighted by molar-refractivity contribution is 0.148. The van der Waals surface area contributed by atoms with Gasteiger partial charge in [-0.25, -0.2) is 4.98 Å². The summed E-state index contributed by atoms with van der Waals surface area (Å²) in [4.78, 5) is 11.8. The molecule has 0 bridgehead atoms. The van der Waals surface area contributed by atoms with Crippen LogP contribution in [0, 0.1) is 13.8 Å². The van der Waals surface area contributed by atoms with Crippen molar-refractivity contribution >= 4 is 11.3 Å². The minimum absolute atomic E-state index is 0.915. The molecule has 1 fully saturated rings. The number of nitrogens with zero attached hydrogens (tertiary/aromatic N) is 4. The Bertz CT molecular complexity index is 675. The van der Waals surface area contributed by atoms with Gasteiger partial charge in [-0.1, -0.05) is 12.1 Å². The number of piperazine rings is 1. The molecule has 25 heavy (non-hydrogen) atoms. The van der Waals surface area contributed by atoms with Crippen molar-refractivity contribution in [3.8, 4) is 0 Å². The summed E-state index contributed by atoms with van der Waals surface area (Å²) in [5.74, 6) is 0. The first kappa shape index (κ1) is 18.5. The fourth-order valence-corrected chi connectivity index (χ4v) is 4.14. The van der Waals surface area contributed by atoms with Crippen LogP contribution in [-0.4, -0.2) is 60.0 Å². The van der Waals surface area contributed by atoms with Crippen molar-refractivity contribution in [2.75, 3.05) is 40.3 Å². The summed E-state index contributed by atoms with van der Waals surface area (Å²) in [7, 11) is 4.39. The van der Waals surface area contributed by atoms with E-state index < -0.39 is 0 Å². The molecule has 1 saturated heterocycles. The van der Waals surface area contributed by atoms with Crippen molar-refractivity contribution in [2.45, 2.75) is 33.5 Å². The van der Waals surface area contributed by atoms with E-state index >= 15 is 0 Å². The summed E-state index contributed by atoms with van der Waals surface area (Å²) in [5, 5.41) is 3.24. The topological polar surface area (TPSA) is 22.6 Å². The molecule has 3 rings (SSSR count). The highest BCUT2D eigenvalue weighted by molar-refractivity contribution is 7.09. The largest absolute Gasteiger partial charge is 0.304 e. The van der Waals surface area contributed by atoms with Crippen LogP contribution in [0.4, 0.5) is 0 Å². The number of thiazole rings is 1. The van der Waals surface area contributed by atoms with E-state index in [-0.39, 0.29) is 0 Å². The minimum atomic E-state index is 0.915. The number of likely N-dealkylation sites (N-methyl/N-ethyl adjacent to an activating group) is 1. The highest BCUT2D eigenvalue weighted by Gasteiger charge is 2.16. The fraction of sp³-hybridized carbons (Fsp3) is 0.550. The van der Waals surface area contributed by atoms with Gasteiger partial charge in [0.05, 0.1) is 6.54 Å². The average Bonchev–Trinajstić information content (AvgIpc) is 3.07. The summed E-state index contributed by atoms with van der Waals surface area (Å²) in [6, 6.07) is 4.79. The van der Waals surface area contributed by atoms with E-state index in [9.17, 15) is 0 Å². The molecule has 0 unspecified atom stereocenters. The molecule has 0 atom stereocenters. The summed E-state index contributed by atoms with van der Waals surface area (Å²) >= 11 is 1.73. The van der Waals surface area contributed by atoms with Gasteiger partial charge in [-0.05, 0) is 50.2 Å². The van der Waals surface area contributed by atoms with Crippen LogP contribution in [0.25, 0.3) is 0 Å². The molecule has 5 heteroatoms. The Morgan fingerprint density at radius 2 is 1.76 bits per heavy atom. The zero-order valence-corrected chi connectivity index (χ0v) is 16.8. The highest BCUT2D eigenvalue weighted by Crippen LogP contribution is 2.20. The molecule has 4 nitrogen and oxygen atoms in total. The lowest BCUT2D eigenvalue weighted by Crippen LogP contribution is -2.44. The molecule has 0 aliphatic carbocycles. The molecule has 2 aromatic rings. The van der Waals surface area contributed by atoms with E-state index in [1.165, 1.54) is 53.4 Å². The summed E-state index contributed by atoms with van der Waals surface area (Å²) in [6.45, 7) is 12.1. The minimum Gasteiger partial charge on any atom is -0.304 e. The third-order valence-electron chi connectivity index (χ3n) is 5.11. The number of aryl methyl sites for hydroxylation is 2. The van der Waals surface area contributed by atoms with Crippen LogP contribution >= 0.6 is 11.3 Å². The van der Waals surface area contributed by atoms with Crippen LogP contribution in [0.15, 0.2) is 23.7 Å². The van der Waals surface area contributed by atoms with Gasteiger partial charge in [0.25, 0.3) is 0 Å². The Balaban J connectivity index is 1.67. The predicted molar refractivity (Wildman–Crippen MR) is 106 cm³/mol. The van der Waals surface area contributed by atoms with Gasteiger partial charge in [-0.2, -0.15) is 0 Å². The SMILES string of the molecule is Cc1cc(C)c(CN2CCN(C)CC2)cc1CN(C)Cc1nccs1. The van der Waals surface area contributed by atoms with E-state index in [0.29, 0.717) is 0 Å². The van der Waals surface area contributed by atoms with Crippen LogP contribution in [-0.2, 0) is 19.6 Å². The molecule has 0 radical (unpaired) electrons. The van der Waals surface area contributed by atoms with Crippen molar-refractivity contribution in [1.82, 2.24) is 19.7 Å². The molecule has 0 N–H and O–H groups in total. The standard InChI is InChI=1S/C20H30N4S/c1-16-11-17(2)19(14-24-8-6-22(3)7-9-24)12-18(16)13-23(4)15-20-21-5-10-25-20/h5,10-12H,6-9,13-15H2,1-4H3. The van der Waals surface area contributed by atoms with Crippen molar-refractivity contribution in [3.63, 3.8) is 0 Å². The molecule has 1 aromatic heterocycles. The van der Waals surface area contributed by atoms with Crippen LogP contribution in [0.2, 0.25) is 0 Å². The number of hydrogen-bond donors (Lipinski definition) is 0. The maximum atomic E-state index is 4.40. The van der Waals surface area contributed by atoms with Gasteiger partial charge >= 0.3 is 0 Å². The third-order valence-corrected chi connectivity index (χ3v) is 5.88. The second kappa shape index (κ2) is 8.41. The molecule has 0 saturated carbocycles. The lowest BCUT2D eigenvalue weighted by Gasteiger charge is -2.33. The monoisotopic (exact) mass is 358 g/mol. The quantitative estimate of drug-likeness (QED) is 0.791. The summed E-state index contributed by atoms with van der Waals surface area (Å²) in [5.41, 5.74) is 5.73. The van der Waals surface area contributed by atoms with E-state index in [1.54, 1.807) is 11.3 Å². The van der Waals surface area contributed by atoms with Crippen LogP contribution in [0.3, 0.4) is 0 Å². The second-order valence-electron chi connectivity index (χ2n) is 7.38. The van der Waals surface area contributed by atoms with Gasteiger partial charge in [-0.15, -0.1) is 11.3 Å². The first-order valence-electron chi connectivity index (χ1n) is 9.08. The second-order valence-corrected chi connectivity index (χ2v) is 8.36. The maximum absolute atomic E-state index is 4.40. The zero-order chi connectivity index (χ0) is 17.8. The Morgan fingerprint density at radius 1 is 1.04 bits per heavy atom. The van der Waals surface area contributed by atoms with E-state index in [0.717, 1.165) is 19.6 Å². The van der Waals surface area contributed by atoms with E-state index in [1.807, 2.05) is 6.20 Å². The Labute approximate surface area is 156 Å². The molecular weight excluding hydrogens is 328 g/mol. The average molecular weight is 359 g/mol. The molecule has 1 aliphatic heterocycles.